The number of nitrogens with zero attached hydrogens (tertiary/aromatic N) is 1. The molecule has 10 heteroatoms. The Bertz CT molecular complexity index is 1320. The van der Waals surface area contributed by atoms with Crippen molar-refractivity contribution in [2.24, 2.45) is 0 Å². The van der Waals surface area contributed by atoms with Crippen LogP contribution in [0.2, 0.25) is 0 Å². The molecule has 34 heavy (non-hydrogen) atoms. The number of carbonyl (C=O) groups is 2. The number of imide groups is 1. The van der Waals surface area contributed by atoms with E-state index in [0.717, 1.165) is 17.9 Å². The Kier molecular flexibility index (Phi) is 6.89. The molecule has 3 amide bonds. The van der Waals surface area contributed by atoms with Crippen molar-refractivity contribution in [3.63, 3.8) is 0 Å². The minimum Gasteiger partial charge on any atom is -0.495 e. The Morgan fingerprint density at radius 1 is 1.12 bits per heavy atom. The molecule has 2 N–H and O–H groups in total. The topological polar surface area (TPSA) is 105 Å². The van der Waals surface area contributed by atoms with Crippen molar-refractivity contribution in [2.45, 2.75) is 32.6 Å². The maximum atomic E-state index is 14.6. The first-order valence-electron chi connectivity index (χ1n) is 10.4. The van der Waals surface area contributed by atoms with Gasteiger partial charge in [0.2, 0.25) is 15.9 Å². The van der Waals surface area contributed by atoms with Crippen LogP contribution in [0.3, 0.4) is 0 Å². The summed E-state index contributed by atoms with van der Waals surface area (Å²) in [7, 11) is -2.03. The summed E-state index contributed by atoms with van der Waals surface area (Å²) in [5, 5.41) is 2.30. The fourth-order valence-corrected chi connectivity index (χ4v) is 4.03. The molecular weight excluding hydrogens is 461 g/mol. The number of anilines is 2. The van der Waals surface area contributed by atoms with Gasteiger partial charge < -0.3 is 4.74 Å². The highest BCUT2D eigenvalue weighted by atomic mass is 32.2. The van der Waals surface area contributed by atoms with Gasteiger partial charge in [-0.05, 0) is 35.7 Å². The number of nitrogens with one attached hydrogen (secondary N) is 2. The van der Waals surface area contributed by atoms with Crippen LogP contribution in [0, 0.1) is 17.7 Å². The monoisotopic (exact) mass is 487 g/mol. The Hall–Kier alpha value is -3.58. The predicted octanol–water partition coefficient (Wildman–Crippen LogP) is 3.35. The lowest BCUT2D eigenvalue weighted by Crippen LogP contribution is -2.49. The van der Waals surface area contributed by atoms with Crippen LogP contribution in [0.5, 0.6) is 5.75 Å². The van der Waals surface area contributed by atoms with Crippen LogP contribution in [-0.4, -0.2) is 40.3 Å². The summed E-state index contributed by atoms with van der Waals surface area (Å²) in [6, 6.07) is 6.80. The molecule has 2 aromatic carbocycles. The summed E-state index contributed by atoms with van der Waals surface area (Å²) in [5.41, 5.74) is 1.54. The van der Waals surface area contributed by atoms with Crippen molar-refractivity contribution in [2.75, 3.05) is 29.5 Å². The van der Waals surface area contributed by atoms with Gasteiger partial charge >= 0.3 is 6.03 Å². The van der Waals surface area contributed by atoms with E-state index in [1.807, 2.05) is 26.8 Å². The maximum absolute atomic E-state index is 14.6. The molecule has 1 aliphatic heterocycles. The number of halogens is 1. The van der Waals surface area contributed by atoms with E-state index < -0.39 is 21.9 Å². The van der Waals surface area contributed by atoms with E-state index >= 15 is 0 Å². The van der Waals surface area contributed by atoms with Gasteiger partial charge in [-0.1, -0.05) is 32.6 Å². The van der Waals surface area contributed by atoms with Crippen molar-refractivity contribution in [1.29, 1.82) is 0 Å². The summed E-state index contributed by atoms with van der Waals surface area (Å²) in [4.78, 5) is 25.4. The maximum Gasteiger partial charge on any atom is 0.328 e. The molecule has 8 nitrogen and oxygen atoms in total. The van der Waals surface area contributed by atoms with Gasteiger partial charge in [-0.25, -0.2) is 17.6 Å². The van der Waals surface area contributed by atoms with Gasteiger partial charge in [0, 0.05) is 24.2 Å². The first kappa shape index (κ1) is 25.1. The highest BCUT2D eigenvalue weighted by molar-refractivity contribution is 7.92. The van der Waals surface area contributed by atoms with E-state index in [1.54, 1.807) is 6.07 Å². The van der Waals surface area contributed by atoms with Gasteiger partial charge in [0.05, 0.1) is 30.2 Å². The van der Waals surface area contributed by atoms with Crippen LogP contribution in [0.15, 0.2) is 30.3 Å². The third kappa shape index (κ3) is 5.85. The minimum absolute atomic E-state index is 0.0603. The number of carbonyl (C=O) groups excluding carboxylic acids is 2. The molecule has 0 saturated carbocycles. The van der Waals surface area contributed by atoms with Gasteiger partial charge in [0.1, 0.15) is 11.6 Å². The fourth-order valence-electron chi connectivity index (χ4n) is 3.48. The Balaban J connectivity index is 2.09. The molecule has 1 aliphatic rings. The summed E-state index contributed by atoms with van der Waals surface area (Å²) in [6.45, 7) is 6.17. The smallest absolute Gasteiger partial charge is 0.328 e. The number of methoxy groups -OCH3 is 1. The number of hydrogen-bond acceptors (Lipinski definition) is 5. The highest BCUT2D eigenvalue weighted by Crippen LogP contribution is 2.38. The zero-order chi connectivity index (χ0) is 25.3. The lowest BCUT2D eigenvalue weighted by Gasteiger charge is -2.30. The van der Waals surface area contributed by atoms with Crippen molar-refractivity contribution in [3.05, 3.63) is 52.8 Å². The minimum atomic E-state index is -3.54. The molecule has 0 radical (unpaired) electrons. The Labute approximate surface area is 198 Å². The van der Waals surface area contributed by atoms with Gasteiger partial charge in [-0.3, -0.25) is 19.7 Å². The van der Waals surface area contributed by atoms with Gasteiger partial charge in [0.25, 0.3) is 0 Å². The van der Waals surface area contributed by atoms with Crippen molar-refractivity contribution >= 4 is 33.3 Å². The number of rotatable bonds is 4. The largest absolute Gasteiger partial charge is 0.495 e. The number of sulfonamides is 1. The molecule has 0 bridgehead atoms. The Morgan fingerprint density at radius 3 is 2.35 bits per heavy atom. The van der Waals surface area contributed by atoms with Gasteiger partial charge in [0.15, 0.2) is 0 Å². The van der Waals surface area contributed by atoms with Crippen LogP contribution in [0.4, 0.5) is 20.6 Å². The number of ether oxygens (including phenoxy) is 1. The molecule has 180 valence electrons. The zero-order valence-corrected chi connectivity index (χ0v) is 20.4. The number of amides is 3. The molecule has 1 saturated heterocycles. The van der Waals surface area contributed by atoms with Crippen LogP contribution in [0.1, 0.15) is 43.9 Å². The van der Waals surface area contributed by atoms with Crippen molar-refractivity contribution in [3.8, 4) is 17.6 Å². The third-order valence-electron chi connectivity index (χ3n) is 5.06. The quantitative estimate of drug-likeness (QED) is 0.644. The average molecular weight is 488 g/mol. The Morgan fingerprint density at radius 2 is 1.79 bits per heavy atom. The van der Waals surface area contributed by atoms with Gasteiger partial charge in [-0.2, -0.15) is 0 Å². The van der Waals surface area contributed by atoms with E-state index in [4.69, 9.17) is 4.74 Å². The van der Waals surface area contributed by atoms with E-state index in [0.29, 0.717) is 17.0 Å². The summed E-state index contributed by atoms with van der Waals surface area (Å²) < 4.78 is 45.2. The standard InChI is InChI=1S/C24H26FN3O5S/c1-24(2,3)19-14-18(28-11-10-21(29)26-23(28)30)12-16(22(19)33-4)7-6-15-8-9-17(13-20(15)25)27-34(5,31)32/h8-9,12-14,27H,10-11H2,1-5H3,(H,26,29,30). The second-order valence-electron chi connectivity index (χ2n) is 8.90. The molecule has 0 aliphatic carbocycles. The van der Waals surface area contributed by atoms with E-state index in [1.165, 1.54) is 24.1 Å². The van der Waals surface area contributed by atoms with E-state index in [-0.39, 0.29) is 35.5 Å². The predicted molar refractivity (Wildman–Crippen MR) is 128 cm³/mol. The second kappa shape index (κ2) is 9.35. The van der Waals surface area contributed by atoms with Crippen molar-refractivity contribution < 1.29 is 27.1 Å². The number of benzene rings is 2. The zero-order valence-electron chi connectivity index (χ0n) is 19.6. The highest BCUT2D eigenvalue weighted by Gasteiger charge is 2.28. The van der Waals surface area contributed by atoms with Crippen LogP contribution in [-0.2, 0) is 20.2 Å². The third-order valence-corrected chi connectivity index (χ3v) is 5.66. The number of urea groups is 1. The molecule has 1 heterocycles. The molecule has 0 spiro atoms. The fraction of sp³-hybridized carbons (Fsp3) is 0.333. The second-order valence-corrected chi connectivity index (χ2v) is 10.6. The normalized spacial score (nSPS) is 14.2. The molecule has 0 atom stereocenters. The van der Waals surface area contributed by atoms with E-state index in [2.05, 4.69) is 21.9 Å². The van der Waals surface area contributed by atoms with Crippen molar-refractivity contribution in [1.82, 2.24) is 5.32 Å². The lowest BCUT2D eigenvalue weighted by molar-refractivity contribution is -0.120. The molecular formula is C24H26FN3O5S. The molecule has 1 fully saturated rings. The van der Waals surface area contributed by atoms with Crippen LogP contribution in [0.25, 0.3) is 0 Å². The van der Waals surface area contributed by atoms with Gasteiger partial charge in [-0.15, -0.1) is 0 Å². The molecule has 2 aromatic rings. The van der Waals surface area contributed by atoms with Crippen LogP contribution >= 0.6 is 0 Å². The number of hydrogen-bond donors (Lipinski definition) is 2. The summed E-state index contributed by atoms with van der Waals surface area (Å²) in [5.74, 6) is 5.15. The first-order valence-corrected chi connectivity index (χ1v) is 12.3. The SMILES string of the molecule is COc1c(C#Cc2ccc(NS(C)(=O)=O)cc2F)cc(N2CCC(=O)NC2=O)cc1C(C)(C)C. The summed E-state index contributed by atoms with van der Waals surface area (Å²) >= 11 is 0. The summed E-state index contributed by atoms with van der Waals surface area (Å²) in [6.07, 6.45) is 1.14. The molecule has 0 aromatic heterocycles. The van der Waals surface area contributed by atoms with Crippen LogP contribution < -0.4 is 19.7 Å². The molecule has 3 rings (SSSR count). The lowest BCUT2D eigenvalue weighted by atomic mass is 9.84. The van der Waals surface area contributed by atoms with E-state index in [9.17, 15) is 22.4 Å². The molecule has 0 unspecified atom stereocenters. The first-order chi connectivity index (χ1) is 15.8. The average Bonchev–Trinajstić information content (AvgIpc) is 2.70.